The number of methoxy groups -OCH3 is 1. The van der Waals surface area contributed by atoms with Crippen molar-refractivity contribution >= 4 is 40.2 Å². The third-order valence-electron chi connectivity index (χ3n) is 5.56. The molecule has 0 unspecified atom stereocenters. The predicted octanol–water partition coefficient (Wildman–Crippen LogP) is 4.88. The summed E-state index contributed by atoms with van der Waals surface area (Å²) >= 11 is 6.29. The lowest BCUT2D eigenvalue weighted by molar-refractivity contribution is -0.151. The van der Waals surface area contributed by atoms with E-state index < -0.39 is 0 Å². The Morgan fingerprint density at radius 2 is 1.88 bits per heavy atom. The van der Waals surface area contributed by atoms with Gasteiger partial charge in [0.15, 0.2) is 0 Å². The third-order valence-corrected chi connectivity index (χ3v) is 5.89. The number of urea groups is 1. The van der Waals surface area contributed by atoms with Crippen molar-refractivity contribution in [1.82, 2.24) is 9.88 Å². The average molecular weight is 454 g/mol. The van der Waals surface area contributed by atoms with Crippen molar-refractivity contribution in [2.24, 2.45) is 5.92 Å². The molecule has 1 aliphatic rings. The molecule has 32 heavy (non-hydrogen) atoms. The summed E-state index contributed by atoms with van der Waals surface area (Å²) in [7, 11) is 1.59. The second-order valence-corrected chi connectivity index (χ2v) is 8.02. The van der Waals surface area contributed by atoms with Gasteiger partial charge in [-0.05, 0) is 43.2 Å². The van der Waals surface area contributed by atoms with E-state index >= 15 is 0 Å². The molecule has 0 aliphatic carbocycles. The molecule has 2 aromatic carbocycles. The number of esters is 1. The smallest absolute Gasteiger partial charge is 0.321 e. The first kappa shape index (κ1) is 21.9. The van der Waals surface area contributed by atoms with E-state index in [2.05, 4.69) is 10.3 Å². The number of fused-ring (bicyclic) bond motifs is 1. The van der Waals surface area contributed by atoms with Gasteiger partial charge in [-0.3, -0.25) is 4.79 Å². The number of anilines is 1. The number of nitrogens with zero attached hydrogens (tertiary/aromatic N) is 2. The van der Waals surface area contributed by atoms with E-state index in [0.29, 0.717) is 47.9 Å². The molecule has 0 atom stereocenters. The summed E-state index contributed by atoms with van der Waals surface area (Å²) in [6.45, 7) is 1.05. The highest BCUT2D eigenvalue weighted by molar-refractivity contribution is 6.30. The number of halogens is 1. The molecule has 1 aliphatic heterocycles. The topological polar surface area (TPSA) is 80.8 Å². The summed E-state index contributed by atoms with van der Waals surface area (Å²) in [6, 6.07) is 16.6. The molecule has 2 amide bonds. The minimum Gasteiger partial charge on any atom is -0.497 e. The van der Waals surface area contributed by atoms with Gasteiger partial charge in [-0.2, -0.15) is 0 Å². The Hall–Kier alpha value is -3.32. The van der Waals surface area contributed by atoms with Crippen LogP contribution in [0.4, 0.5) is 10.5 Å². The fourth-order valence-corrected chi connectivity index (χ4v) is 3.90. The number of carbonyl (C=O) groups is 2. The number of piperidine rings is 1. The number of carbonyl (C=O) groups excluding carboxylic acids is 2. The van der Waals surface area contributed by atoms with Crippen molar-refractivity contribution in [3.63, 3.8) is 0 Å². The molecule has 7 nitrogen and oxygen atoms in total. The zero-order valence-corrected chi connectivity index (χ0v) is 18.5. The lowest BCUT2D eigenvalue weighted by atomic mass is 9.97. The second kappa shape index (κ2) is 9.87. The molecule has 1 saturated heterocycles. The summed E-state index contributed by atoms with van der Waals surface area (Å²) in [5, 5.41) is 4.06. The largest absolute Gasteiger partial charge is 0.497 e. The molecule has 166 valence electrons. The van der Waals surface area contributed by atoms with Gasteiger partial charge in [-0.15, -0.1) is 0 Å². The van der Waals surface area contributed by atoms with Crippen LogP contribution in [0.1, 0.15) is 18.4 Å². The van der Waals surface area contributed by atoms with Crippen LogP contribution in [0.25, 0.3) is 10.9 Å². The van der Waals surface area contributed by atoms with Gasteiger partial charge in [0, 0.05) is 35.8 Å². The van der Waals surface area contributed by atoms with E-state index in [1.54, 1.807) is 18.1 Å². The molecule has 1 N–H and O–H groups in total. The van der Waals surface area contributed by atoms with E-state index in [-0.39, 0.29) is 24.5 Å². The van der Waals surface area contributed by atoms with Gasteiger partial charge in [0.1, 0.15) is 17.5 Å². The quantitative estimate of drug-likeness (QED) is 0.439. The van der Waals surface area contributed by atoms with Gasteiger partial charge >= 0.3 is 12.0 Å². The molecule has 2 heterocycles. The SMILES string of the molecule is COc1ccc2cc(COC(=O)C3CCN(C(=O)Nc4ccccc4)CC3)c(Cl)nc2c1. The Morgan fingerprint density at radius 1 is 1.12 bits per heavy atom. The van der Waals surface area contributed by atoms with Crippen molar-refractivity contribution in [1.29, 1.82) is 0 Å². The van der Waals surface area contributed by atoms with Gasteiger partial charge in [0.25, 0.3) is 0 Å². The monoisotopic (exact) mass is 453 g/mol. The number of para-hydroxylation sites is 1. The predicted molar refractivity (Wildman–Crippen MR) is 123 cm³/mol. The molecule has 3 aromatic rings. The van der Waals surface area contributed by atoms with Gasteiger partial charge in [0.2, 0.25) is 0 Å². The normalized spacial score (nSPS) is 14.2. The second-order valence-electron chi connectivity index (χ2n) is 7.66. The molecule has 1 aromatic heterocycles. The number of rotatable bonds is 5. The van der Waals surface area contributed by atoms with Crippen LogP contribution in [-0.4, -0.2) is 42.1 Å². The minimum atomic E-state index is -0.279. The maximum Gasteiger partial charge on any atom is 0.321 e. The number of hydrogen-bond donors (Lipinski definition) is 1. The van der Waals surface area contributed by atoms with Gasteiger partial charge in [-0.25, -0.2) is 9.78 Å². The molecule has 0 saturated carbocycles. The number of benzene rings is 2. The lowest BCUT2D eigenvalue weighted by Gasteiger charge is -2.31. The summed E-state index contributed by atoms with van der Waals surface area (Å²) < 4.78 is 10.7. The van der Waals surface area contributed by atoms with Crippen LogP contribution in [0.15, 0.2) is 54.6 Å². The molecular weight excluding hydrogens is 430 g/mol. The van der Waals surface area contributed by atoms with Crippen molar-refractivity contribution in [3.8, 4) is 5.75 Å². The molecule has 4 rings (SSSR count). The van der Waals surface area contributed by atoms with Crippen LogP contribution in [0.3, 0.4) is 0 Å². The first-order valence-corrected chi connectivity index (χ1v) is 10.8. The van der Waals surface area contributed by atoms with Gasteiger partial charge in [0.05, 0.1) is 18.5 Å². The Labute approximate surface area is 191 Å². The van der Waals surface area contributed by atoms with E-state index in [9.17, 15) is 9.59 Å². The number of hydrogen-bond acceptors (Lipinski definition) is 5. The number of amides is 2. The van der Waals surface area contributed by atoms with Crippen LogP contribution in [0, 0.1) is 5.92 Å². The zero-order valence-electron chi connectivity index (χ0n) is 17.7. The standard InChI is InChI=1S/C24H24ClN3O4/c1-31-20-8-7-17-13-18(22(25)27-21(17)14-20)15-32-23(29)16-9-11-28(12-10-16)24(30)26-19-5-3-2-4-6-19/h2-8,13-14,16H,9-12,15H2,1H3,(H,26,30). The molecule has 8 heteroatoms. The molecule has 0 radical (unpaired) electrons. The number of ether oxygens (including phenoxy) is 2. The fraction of sp³-hybridized carbons (Fsp3) is 0.292. The number of pyridine rings is 1. The molecule has 0 spiro atoms. The van der Waals surface area contributed by atoms with E-state index in [1.165, 1.54) is 0 Å². The third kappa shape index (κ3) is 5.11. The van der Waals surface area contributed by atoms with Crippen LogP contribution in [0.2, 0.25) is 5.15 Å². The summed E-state index contributed by atoms with van der Waals surface area (Å²) in [5.74, 6) is 0.176. The van der Waals surface area contributed by atoms with Crippen molar-refractivity contribution < 1.29 is 19.1 Å². The highest BCUT2D eigenvalue weighted by Gasteiger charge is 2.28. The zero-order chi connectivity index (χ0) is 22.5. The Bertz CT molecular complexity index is 1110. The molecular formula is C24H24ClN3O4. The minimum absolute atomic E-state index is 0.0569. The van der Waals surface area contributed by atoms with E-state index in [1.807, 2.05) is 48.5 Å². The van der Waals surface area contributed by atoms with Gasteiger partial charge < -0.3 is 19.7 Å². The lowest BCUT2D eigenvalue weighted by Crippen LogP contribution is -2.42. The number of aromatic nitrogens is 1. The van der Waals surface area contributed by atoms with Crippen LogP contribution >= 0.6 is 11.6 Å². The molecule has 1 fully saturated rings. The Kier molecular flexibility index (Phi) is 6.75. The highest BCUT2D eigenvalue weighted by atomic mass is 35.5. The maximum absolute atomic E-state index is 12.6. The maximum atomic E-state index is 12.6. The van der Waals surface area contributed by atoms with Crippen molar-refractivity contribution in [2.75, 3.05) is 25.5 Å². The van der Waals surface area contributed by atoms with Gasteiger partial charge in [-0.1, -0.05) is 29.8 Å². The number of likely N-dealkylation sites (tertiary alicyclic amines) is 1. The van der Waals surface area contributed by atoms with Crippen LogP contribution in [0.5, 0.6) is 5.75 Å². The van der Waals surface area contributed by atoms with E-state index in [4.69, 9.17) is 21.1 Å². The van der Waals surface area contributed by atoms with Crippen molar-refractivity contribution in [2.45, 2.75) is 19.4 Å². The van der Waals surface area contributed by atoms with Crippen molar-refractivity contribution in [3.05, 3.63) is 65.3 Å². The highest BCUT2D eigenvalue weighted by Crippen LogP contribution is 2.26. The average Bonchev–Trinajstić information content (AvgIpc) is 2.83. The summed E-state index contributed by atoms with van der Waals surface area (Å²) in [5.41, 5.74) is 2.11. The molecule has 0 bridgehead atoms. The summed E-state index contributed by atoms with van der Waals surface area (Å²) in [6.07, 6.45) is 1.12. The first-order chi connectivity index (χ1) is 15.5. The summed E-state index contributed by atoms with van der Waals surface area (Å²) in [4.78, 5) is 31.1. The Morgan fingerprint density at radius 3 is 2.59 bits per heavy atom. The fourth-order valence-electron chi connectivity index (χ4n) is 3.70. The Balaban J connectivity index is 1.29. The van der Waals surface area contributed by atoms with Crippen LogP contribution in [-0.2, 0) is 16.1 Å². The number of nitrogens with one attached hydrogen (secondary N) is 1. The first-order valence-electron chi connectivity index (χ1n) is 10.4. The van der Waals surface area contributed by atoms with E-state index in [0.717, 1.165) is 11.1 Å². The van der Waals surface area contributed by atoms with Crippen LogP contribution < -0.4 is 10.1 Å².